The van der Waals surface area contributed by atoms with Gasteiger partial charge in [0.2, 0.25) is 10.0 Å². The van der Waals surface area contributed by atoms with Crippen LogP contribution >= 0.6 is 0 Å². The highest BCUT2D eigenvalue weighted by atomic mass is 32.2. The van der Waals surface area contributed by atoms with Gasteiger partial charge in [0.15, 0.2) is 0 Å². The van der Waals surface area contributed by atoms with Crippen LogP contribution in [-0.2, 0) is 10.0 Å². The van der Waals surface area contributed by atoms with Crippen LogP contribution < -0.4 is 0 Å². The van der Waals surface area contributed by atoms with Gasteiger partial charge in [0.05, 0.1) is 6.61 Å². The molecule has 5 rings (SSSR count). The zero-order valence-electron chi connectivity index (χ0n) is 18.8. The van der Waals surface area contributed by atoms with Crippen LogP contribution in [0.25, 0.3) is 11.1 Å². The van der Waals surface area contributed by atoms with Crippen LogP contribution in [0.5, 0.6) is 0 Å². The van der Waals surface area contributed by atoms with Gasteiger partial charge in [-0.1, -0.05) is 36.4 Å². The molecule has 0 radical (unpaired) electrons. The van der Waals surface area contributed by atoms with E-state index in [0.717, 1.165) is 29.7 Å². The van der Waals surface area contributed by atoms with Crippen molar-refractivity contribution in [2.24, 2.45) is 0 Å². The Labute approximate surface area is 199 Å². The lowest BCUT2D eigenvalue weighted by atomic mass is 9.74. The molecule has 2 aliphatic rings. The van der Waals surface area contributed by atoms with Crippen LogP contribution in [-0.4, -0.2) is 66.0 Å². The minimum Gasteiger partial charge on any atom is -0.395 e. The van der Waals surface area contributed by atoms with Crippen molar-refractivity contribution >= 4 is 10.0 Å². The predicted octanol–water partition coefficient (Wildman–Crippen LogP) is 3.50. The van der Waals surface area contributed by atoms with Crippen LogP contribution in [0.15, 0.2) is 78.0 Å². The molecule has 3 atom stereocenters. The summed E-state index contributed by atoms with van der Waals surface area (Å²) in [5.41, 5.74) is 3.22. The molecule has 0 unspecified atom stereocenters. The third kappa shape index (κ3) is 4.15. The first kappa shape index (κ1) is 23.1. The van der Waals surface area contributed by atoms with E-state index in [9.17, 15) is 17.9 Å². The lowest BCUT2D eigenvalue weighted by molar-refractivity contribution is -0.0554. The number of aromatic nitrogens is 1. The van der Waals surface area contributed by atoms with Crippen molar-refractivity contribution in [3.8, 4) is 11.1 Å². The molecule has 0 saturated carbocycles. The molecule has 0 aliphatic carbocycles. The molecule has 1 N–H and O–H groups in total. The highest BCUT2D eigenvalue weighted by molar-refractivity contribution is 7.89. The number of rotatable bonds is 5. The topological polar surface area (TPSA) is 73.7 Å². The number of nitrogens with zero attached hydrogens (tertiary/aromatic N) is 3. The van der Waals surface area contributed by atoms with Crippen molar-refractivity contribution in [3.63, 3.8) is 0 Å². The zero-order valence-corrected chi connectivity index (χ0v) is 19.6. The molecule has 178 valence electrons. The number of hydrogen-bond acceptors (Lipinski definition) is 5. The van der Waals surface area contributed by atoms with Gasteiger partial charge < -0.3 is 5.11 Å². The normalized spacial score (nSPS) is 24.0. The Bertz CT molecular complexity index is 1240. The molecule has 0 spiro atoms. The van der Waals surface area contributed by atoms with Gasteiger partial charge in [-0.15, -0.1) is 0 Å². The fourth-order valence-electron chi connectivity index (χ4n) is 5.36. The van der Waals surface area contributed by atoms with E-state index in [0.29, 0.717) is 13.0 Å². The molecule has 2 aliphatic heterocycles. The second-order valence-corrected chi connectivity index (χ2v) is 10.8. The number of benzene rings is 2. The van der Waals surface area contributed by atoms with Gasteiger partial charge >= 0.3 is 0 Å². The zero-order chi connectivity index (χ0) is 23.7. The second-order valence-electron chi connectivity index (χ2n) is 8.94. The maximum atomic E-state index is 14.4. The van der Waals surface area contributed by atoms with E-state index in [4.69, 9.17) is 0 Å². The first-order valence-electron chi connectivity index (χ1n) is 11.6. The summed E-state index contributed by atoms with van der Waals surface area (Å²) in [4.78, 5) is 6.00. The van der Waals surface area contributed by atoms with Gasteiger partial charge in [0.1, 0.15) is 10.7 Å². The second kappa shape index (κ2) is 9.54. The van der Waals surface area contributed by atoms with Gasteiger partial charge in [-0.25, -0.2) is 12.8 Å². The number of halogens is 1. The van der Waals surface area contributed by atoms with Crippen LogP contribution in [0.4, 0.5) is 4.39 Å². The van der Waals surface area contributed by atoms with Crippen molar-refractivity contribution in [2.75, 3.05) is 26.2 Å². The molecule has 3 aromatic rings. The molecule has 2 aromatic carbocycles. The summed E-state index contributed by atoms with van der Waals surface area (Å²) in [6.07, 6.45) is 5.03. The third-order valence-electron chi connectivity index (χ3n) is 7.10. The number of aliphatic hydroxyl groups excluding tert-OH is 1. The van der Waals surface area contributed by atoms with Crippen molar-refractivity contribution in [1.29, 1.82) is 0 Å². The van der Waals surface area contributed by atoms with Crippen molar-refractivity contribution in [2.45, 2.75) is 35.7 Å². The average molecular weight is 482 g/mol. The quantitative estimate of drug-likeness (QED) is 0.604. The third-order valence-corrected chi connectivity index (χ3v) is 8.99. The Kier molecular flexibility index (Phi) is 6.48. The summed E-state index contributed by atoms with van der Waals surface area (Å²) in [6, 6.07) is 17.6. The molecule has 2 saturated heterocycles. The van der Waals surface area contributed by atoms with Gasteiger partial charge in [-0.2, -0.15) is 4.31 Å². The predicted molar refractivity (Wildman–Crippen MR) is 128 cm³/mol. The summed E-state index contributed by atoms with van der Waals surface area (Å²) in [5.74, 6) is -0.737. The van der Waals surface area contributed by atoms with Gasteiger partial charge in [0.25, 0.3) is 0 Å². The molecule has 3 heterocycles. The monoisotopic (exact) mass is 481 g/mol. The molecule has 2 fully saturated rings. The minimum atomic E-state index is -3.96. The lowest BCUT2D eigenvalue weighted by Gasteiger charge is -2.57. The number of sulfonamides is 1. The number of pyridine rings is 1. The summed E-state index contributed by atoms with van der Waals surface area (Å²) >= 11 is 0. The highest BCUT2D eigenvalue weighted by Gasteiger charge is 2.50. The van der Waals surface area contributed by atoms with E-state index in [1.165, 1.54) is 22.5 Å². The van der Waals surface area contributed by atoms with E-state index >= 15 is 0 Å². The van der Waals surface area contributed by atoms with Crippen LogP contribution in [0.2, 0.25) is 0 Å². The largest absolute Gasteiger partial charge is 0.395 e. The number of hydrogen-bond donors (Lipinski definition) is 1. The van der Waals surface area contributed by atoms with Gasteiger partial charge in [-0.05, 0) is 60.3 Å². The minimum absolute atomic E-state index is 0.00656. The standard InChI is InChI=1S/C26H28FN3O3S/c27-22-5-1-2-6-25(22)34(32,33)29-15-3-4-16-30-23(17-29)26(24(30)18-31)21-9-7-19(8-10-21)20-11-13-28-14-12-20/h1-2,5-14,23-24,26,31H,3-4,15-18H2/t23-,24-,26-/m1/s1. The molecule has 34 heavy (non-hydrogen) atoms. The average Bonchev–Trinajstić information content (AvgIpc) is 2.84. The fraction of sp³-hybridized carbons (Fsp3) is 0.346. The van der Waals surface area contributed by atoms with Gasteiger partial charge in [0, 0.05) is 43.5 Å². The molecular formula is C26H28FN3O3S. The van der Waals surface area contributed by atoms with Crippen LogP contribution in [0.1, 0.15) is 24.3 Å². The SMILES string of the molecule is O=S(=O)(c1ccccc1F)N1CCCCN2[C@H](CO)[C@H](c3ccc(-c4ccncc4)cc3)[C@H]2C1. The van der Waals surface area contributed by atoms with E-state index in [-0.39, 0.29) is 36.0 Å². The summed E-state index contributed by atoms with van der Waals surface area (Å²) < 4.78 is 42.5. The van der Waals surface area contributed by atoms with Gasteiger partial charge in [-0.3, -0.25) is 9.88 Å². The maximum Gasteiger partial charge on any atom is 0.246 e. The summed E-state index contributed by atoms with van der Waals surface area (Å²) in [6.45, 7) is 1.45. The Morgan fingerprint density at radius 2 is 1.62 bits per heavy atom. The number of aliphatic hydroxyl groups is 1. The molecular weight excluding hydrogens is 453 g/mol. The van der Waals surface area contributed by atoms with E-state index in [1.807, 2.05) is 12.1 Å². The highest BCUT2D eigenvalue weighted by Crippen LogP contribution is 2.43. The molecule has 1 aromatic heterocycles. The Morgan fingerprint density at radius 3 is 2.32 bits per heavy atom. The Morgan fingerprint density at radius 1 is 0.941 bits per heavy atom. The van der Waals surface area contributed by atoms with E-state index in [1.54, 1.807) is 18.5 Å². The van der Waals surface area contributed by atoms with Crippen molar-refractivity contribution in [1.82, 2.24) is 14.2 Å². The first-order chi connectivity index (χ1) is 16.5. The fourth-order valence-corrected chi connectivity index (χ4v) is 6.92. The lowest BCUT2D eigenvalue weighted by Crippen LogP contribution is -2.67. The smallest absolute Gasteiger partial charge is 0.246 e. The first-order valence-corrected chi connectivity index (χ1v) is 13.1. The molecule has 8 heteroatoms. The molecule has 0 bridgehead atoms. The van der Waals surface area contributed by atoms with Crippen LogP contribution in [0, 0.1) is 5.82 Å². The van der Waals surface area contributed by atoms with E-state index < -0.39 is 15.8 Å². The van der Waals surface area contributed by atoms with Crippen LogP contribution in [0.3, 0.4) is 0 Å². The number of fused-ring (bicyclic) bond motifs is 1. The molecule has 0 amide bonds. The van der Waals surface area contributed by atoms with Crippen molar-refractivity contribution < 1.29 is 17.9 Å². The summed E-state index contributed by atoms with van der Waals surface area (Å²) in [7, 11) is -3.96. The van der Waals surface area contributed by atoms with Crippen molar-refractivity contribution in [3.05, 3.63) is 84.4 Å². The molecule has 6 nitrogen and oxygen atoms in total. The summed E-state index contributed by atoms with van der Waals surface area (Å²) in [5, 5.41) is 10.2. The van der Waals surface area contributed by atoms with E-state index in [2.05, 4.69) is 34.1 Å². The maximum absolute atomic E-state index is 14.4. The Hall–Kier alpha value is -2.65. The Balaban J connectivity index is 1.44.